The lowest BCUT2D eigenvalue weighted by Crippen LogP contribution is -2.36. The molecule has 0 aliphatic carbocycles. The quantitative estimate of drug-likeness (QED) is 0.689. The largest absolute Gasteiger partial charge is 0.484 e. The van der Waals surface area contributed by atoms with Gasteiger partial charge in [0.1, 0.15) is 5.75 Å². The third kappa shape index (κ3) is 6.44. The van der Waals surface area contributed by atoms with Gasteiger partial charge in [-0.2, -0.15) is 0 Å². The second-order valence-electron chi connectivity index (χ2n) is 7.65. The van der Waals surface area contributed by atoms with E-state index in [0.717, 1.165) is 24.2 Å². The molecule has 1 heterocycles. The third-order valence-corrected chi connectivity index (χ3v) is 4.56. The zero-order chi connectivity index (χ0) is 20.7. The Kier molecular flexibility index (Phi) is 7.67. The number of benzene rings is 1. The van der Waals surface area contributed by atoms with Gasteiger partial charge in [0.25, 0.3) is 11.8 Å². The normalized spacial score (nSPS) is 11.9. The zero-order valence-electron chi connectivity index (χ0n) is 17.4. The van der Waals surface area contributed by atoms with Crippen molar-refractivity contribution >= 4 is 11.8 Å². The van der Waals surface area contributed by atoms with E-state index in [4.69, 9.17) is 4.74 Å². The molecule has 2 rings (SSSR count). The molecule has 0 saturated carbocycles. The van der Waals surface area contributed by atoms with Gasteiger partial charge in [-0.3, -0.25) is 19.7 Å². The number of carbonyl (C=O) groups excluding carboxylic acids is 2. The Bertz CT molecular complexity index is 774. The van der Waals surface area contributed by atoms with Gasteiger partial charge >= 0.3 is 0 Å². The Labute approximate surface area is 167 Å². The lowest BCUT2D eigenvalue weighted by Gasteiger charge is -2.15. The molecule has 2 N–H and O–H groups in total. The van der Waals surface area contributed by atoms with Crippen LogP contribution in [0.3, 0.4) is 0 Å². The fraction of sp³-hybridized carbons (Fsp3) is 0.455. The van der Waals surface area contributed by atoms with Crippen LogP contribution in [0, 0.1) is 19.8 Å². The van der Waals surface area contributed by atoms with Crippen LogP contribution in [0.25, 0.3) is 0 Å². The number of nitrogens with zero attached hydrogens (tertiary/aromatic N) is 1. The van der Waals surface area contributed by atoms with Gasteiger partial charge in [-0.05, 0) is 75.9 Å². The predicted octanol–water partition coefficient (Wildman–Crippen LogP) is 3.81. The maximum absolute atomic E-state index is 12.4. The minimum absolute atomic E-state index is 0.0423. The van der Waals surface area contributed by atoms with E-state index in [1.54, 1.807) is 28.9 Å². The minimum Gasteiger partial charge on any atom is -0.484 e. The van der Waals surface area contributed by atoms with Crippen LogP contribution in [-0.4, -0.2) is 29.1 Å². The van der Waals surface area contributed by atoms with Gasteiger partial charge in [-0.15, -0.1) is 0 Å². The lowest BCUT2D eigenvalue weighted by atomic mass is 10.0. The van der Waals surface area contributed by atoms with Crippen molar-refractivity contribution in [1.82, 2.24) is 9.99 Å². The molecule has 1 aromatic carbocycles. The topological polar surface area (TPSA) is 72.4 Å². The molecule has 0 bridgehead atoms. The molecule has 0 aliphatic rings. The second-order valence-corrected chi connectivity index (χ2v) is 7.65. The maximum Gasteiger partial charge on any atom is 0.270 e. The van der Waals surface area contributed by atoms with Gasteiger partial charge in [0.2, 0.25) is 0 Å². The summed E-state index contributed by atoms with van der Waals surface area (Å²) in [6, 6.07) is 10.8. The van der Waals surface area contributed by atoms with Crippen molar-refractivity contribution in [3.05, 3.63) is 53.3 Å². The number of nitrogens with one attached hydrogen (secondary N) is 2. The summed E-state index contributed by atoms with van der Waals surface area (Å²) < 4.78 is 7.27. The number of hydrogen-bond donors (Lipinski definition) is 2. The molecule has 0 aliphatic heterocycles. The van der Waals surface area contributed by atoms with Crippen molar-refractivity contribution < 1.29 is 14.3 Å². The lowest BCUT2D eigenvalue weighted by molar-refractivity contribution is -0.123. The molecule has 1 atom stereocenters. The summed E-state index contributed by atoms with van der Waals surface area (Å²) in [6.45, 7) is 10.2. The van der Waals surface area contributed by atoms with Crippen molar-refractivity contribution in [2.24, 2.45) is 5.92 Å². The highest BCUT2D eigenvalue weighted by Gasteiger charge is 2.11. The summed E-state index contributed by atoms with van der Waals surface area (Å²) in [5, 5.41) is 2.94. The summed E-state index contributed by atoms with van der Waals surface area (Å²) in [7, 11) is 0. The highest BCUT2D eigenvalue weighted by Crippen LogP contribution is 2.13. The first-order valence-electron chi connectivity index (χ1n) is 9.74. The summed E-state index contributed by atoms with van der Waals surface area (Å²) in [4.78, 5) is 24.4. The summed E-state index contributed by atoms with van der Waals surface area (Å²) in [5.41, 5.74) is 5.29. The molecular weight excluding hydrogens is 354 g/mol. The van der Waals surface area contributed by atoms with Crippen LogP contribution in [-0.2, 0) is 4.79 Å². The molecule has 6 nitrogen and oxygen atoms in total. The Morgan fingerprint density at radius 1 is 0.964 bits per heavy atom. The van der Waals surface area contributed by atoms with Crippen LogP contribution < -0.4 is 15.5 Å². The smallest absolute Gasteiger partial charge is 0.270 e. The molecule has 2 aromatic rings. The molecule has 0 radical (unpaired) electrons. The van der Waals surface area contributed by atoms with Crippen molar-refractivity contribution in [1.29, 1.82) is 0 Å². The molecule has 6 heteroatoms. The fourth-order valence-corrected chi connectivity index (χ4v) is 2.83. The summed E-state index contributed by atoms with van der Waals surface area (Å²) in [5.74, 6) is 0.828. The Morgan fingerprint density at radius 2 is 1.57 bits per heavy atom. The van der Waals surface area contributed by atoms with Crippen LogP contribution in [0.5, 0.6) is 5.75 Å². The van der Waals surface area contributed by atoms with E-state index in [9.17, 15) is 9.59 Å². The second kappa shape index (κ2) is 9.97. The standard InChI is InChI=1S/C22H31N3O3/c1-15(2)6-7-16(3)23-21(26)14-28-20-12-10-19(11-13-20)22(27)24-25-17(4)8-9-18(25)5/h8-13,15-16H,6-7,14H2,1-5H3,(H,23,26)(H,24,27)/t16-/m1/s1. The Morgan fingerprint density at radius 3 is 2.14 bits per heavy atom. The number of aromatic nitrogens is 1. The van der Waals surface area contributed by atoms with Crippen molar-refractivity contribution in [2.45, 2.75) is 53.5 Å². The van der Waals surface area contributed by atoms with Crippen molar-refractivity contribution in [3.8, 4) is 5.75 Å². The number of hydrogen-bond acceptors (Lipinski definition) is 3. The monoisotopic (exact) mass is 385 g/mol. The van der Waals surface area contributed by atoms with E-state index in [-0.39, 0.29) is 24.5 Å². The number of ether oxygens (including phenoxy) is 1. The fourth-order valence-electron chi connectivity index (χ4n) is 2.83. The summed E-state index contributed by atoms with van der Waals surface area (Å²) in [6.07, 6.45) is 2.03. The maximum atomic E-state index is 12.4. The first kappa shape index (κ1) is 21.5. The molecular formula is C22H31N3O3. The number of rotatable bonds is 9. The molecule has 0 saturated heterocycles. The van der Waals surface area contributed by atoms with Gasteiger partial charge in [0, 0.05) is 23.0 Å². The van der Waals surface area contributed by atoms with Crippen molar-refractivity contribution in [2.75, 3.05) is 12.0 Å². The molecule has 0 spiro atoms. The van der Waals surface area contributed by atoms with E-state index in [2.05, 4.69) is 24.6 Å². The van der Waals surface area contributed by atoms with Crippen LogP contribution >= 0.6 is 0 Å². The van der Waals surface area contributed by atoms with Crippen LogP contribution in [0.4, 0.5) is 0 Å². The predicted molar refractivity (Wildman–Crippen MR) is 111 cm³/mol. The third-order valence-electron chi connectivity index (χ3n) is 4.56. The summed E-state index contributed by atoms with van der Waals surface area (Å²) >= 11 is 0. The van der Waals surface area contributed by atoms with Gasteiger partial charge in [-0.25, -0.2) is 0 Å². The average Bonchev–Trinajstić information content (AvgIpc) is 2.97. The van der Waals surface area contributed by atoms with E-state index >= 15 is 0 Å². The van der Waals surface area contributed by atoms with Crippen LogP contribution in [0.15, 0.2) is 36.4 Å². The minimum atomic E-state index is -0.203. The first-order chi connectivity index (χ1) is 13.3. The zero-order valence-corrected chi connectivity index (χ0v) is 17.4. The van der Waals surface area contributed by atoms with Gasteiger partial charge in [-0.1, -0.05) is 13.8 Å². The molecule has 2 amide bonds. The van der Waals surface area contributed by atoms with Gasteiger partial charge in [0.05, 0.1) is 0 Å². The molecule has 0 fully saturated rings. The number of aryl methyl sites for hydroxylation is 2. The highest BCUT2D eigenvalue weighted by molar-refractivity contribution is 6.00. The molecule has 0 unspecified atom stereocenters. The SMILES string of the molecule is Cc1ccc(C)n1NC(=O)c1ccc(OCC(=O)N[C@H](C)CCC(C)C)cc1. The highest BCUT2D eigenvalue weighted by atomic mass is 16.5. The van der Waals surface area contributed by atoms with E-state index in [1.165, 1.54) is 0 Å². The van der Waals surface area contributed by atoms with Gasteiger partial charge < -0.3 is 10.1 Å². The Balaban J connectivity index is 1.82. The average molecular weight is 386 g/mol. The van der Waals surface area contributed by atoms with Crippen molar-refractivity contribution in [3.63, 3.8) is 0 Å². The Hall–Kier alpha value is -2.76. The number of amides is 2. The van der Waals surface area contributed by atoms with Gasteiger partial charge in [0.15, 0.2) is 6.61 Å². The molecule has 1 aromatic heterocycles. The van der Waals surface area contributed by atoms with E-state index in [1.807, 2.05) is 32.9 Å². The molecule has 152 valence electrons. The van der Waals surface area contributed by atoms with Crippen LogP contribution in [0.2, 0.25) is 0 Å². The molecule has 28 heavy (non-hydrogen) atoms. The first-order valence-corrected chi connectivity index (χ1v) is 9.74. The van der Waals surface area contributed by atoms with Crippen LogP contribution in [0.1, 0.15) is 55.4 Å². The van der Waals surface area contributed by atoms with E-state index in [0.29, 0.717) is 17.2 Å². The number of carbonyl (C=O) groups is 2. The van der Waals surface area contributed by atoms with E-state index < -0.39 is 0 Å².